The summed E-state index contributed by atoms with van der Waals surface area (Å²) in [5.41, 5.74) is 1.32. The Bertz CT molecular complexity index is 440. The van der Waals surface area contributed by atoms with Gasteiger partial charge in [-0.25, -0.2) is 0 Å². The molecule has 2 atom stereocenters. The van der Waals surface area contributed by atoms with Gasteiger partial charge in [-0.2, -0.15) is 0 Å². The van der Waals surface area contributed by atoms with E-state index in [2.05, 4.69) is 57.1 Å². The lowest BCUT2D eigenvalue weighted by Crippen LogP contribution is -2.26. The third kappa shape index (κ3) is 4.61. The summed E-state index contributed by atoms with van der Waals surface area (Å²) < 4.78 is 11.2. The fraction of sp³-hybridized carbons (Fsp3) is 0.529. The molecule has 2 nitrogen and oxygen atoms in total. The standard InChI is InChI=1S/C17H22O2/c1-17(2,3)11-12-18-16-10-9-15(13-19-16)14-7-5-4-6-8-14/h4-8,15-16H,9-10,13H2,1-3H3. The highest BCUT2D eigenvalue weighted by molar-refractivity contribution is 5.19. The van der Waals surface area contributed by atoms with Crippen molar-refractivity contribution >= 4 is 0 Å². The minimum absolute atomic E-state index is 0.0265. The van der Waals surface area contributed by atoms with Crippen LogP contribution in [0.2, 0.25) is 0 Å². The van der Waals surface area contributed by atoms with Crippen LogP contribution < -0.4 is 0 Å². The minimum Gasteiger partial charge on any atom is -0.414 e. The molecule has 0 aliphatic carbocycles. The molecule has 2 unspecified atom stereocenters. The molecular formula is C17H22O2. The van der Waals surface area contributed by atoms with Gasteiger partial charge in [-0.05, 0) is 32.8 Å². The van der Waals surface area contributed by atoms with E-state index in [1.165, 1.54) is 5.56 Å². The lowest BCUT2D eigenvalue weighted by atomic mass is 9.93. The molecule has 0 bridgehead atoms. The van der Waals surface area contributed by atoms with E-state index < -0.39 is 0 Å². The summed E-state index contributed by atoms with van der Waals surface area (Å²) in [7, 11) is 0. The van der Waals surface area contributed by atoms with E-state index in [9.17, 15) is 0 Å². The zero-order valence-corrected chi connectivity index (χ0v) is 12.0. The average molecular weight is 258 g/mol. The predicted molar refractivity (Wildman–Crippen MR) is 76.5 cm³/mol. The Morgan fingerprint density at radius 3 is 2.47 bits per heavy atom. The van der Waals surface area contributed by atoms with Crippen molar-refractivity contribution in [3.05, 3.63) is 35.9 Å². The molecule has 0 N–H and O–H groups in total. The zero-order valence-electron chi connectivity index (χ0n) is 12.0. The van der Waals surface area contributed by atoms with Crippen LogP contribution in [-0.2, 0) is 9.47 Å². The largest absolute Gasteiger partial charge is 0.414 e. The second-order valence-electron chi connectivity index (χ2n) is 6.04. The Kier molecular flexibility index (Phi) is 4.50. The summed E-state index contributed by atoms with van der Waals surface area (Å²) >= 11 is 0. The summed E-state index contributed by atoms with van der Waals surface area (Å²) in [6, 6.07) is 10.5. The van der Waals surface area contributed by atoms with E-state index in [4.69, 9.17) is 9.47 Å². The highest BCUT2D eigenvalue weighted by Crippen LogP contribution is 2.28. The molecular weight excluding hydrogens is 236 g/mol. The maximum absolute atomic E-state index is 5.73. The molecule has 0 saturated carbocycles. The van der Waals surface area contributed by atoms with Gasteiger partial charge >= 0.3 is 0 Å². The first kappa shape index (κ1) is 14.0. The lowest BCUT2D eigenvalue weighted by Gasteiger charge is -2.27. The third-order valence-electron chi connectivity index (χ3n) is 3.12. The van der Waals surface area contributed by atoms with Crippen LogP contribution in [-0.4, -0.2) is 12.9 Å². The van der Waals surface area contributed by atoms with Crippen molar-refractivity contribution in [2.45, 2.75) is 45.8 Å². The molecule has 2 rings (SSSR count). The van der Waals surface area contributed by atoms with E-state index in [0.29, 0.717) is 12.5 Å². The second kappa shape index (κ2) is 6.12. The highest BCUT2D eigenvalue weighted by Gasteiger charge is 2.23. The minimum atomic E-state index is -0.171. The molecule has 0 radical (unpaired) electrons. The Balaban J connectivity index is 1.81. The van der Waals surface area contributed by atoms with Gasteiger partial charge in [-0.15, -0.1) is 0 Å². The van der Waals surface area contributed by atoms with Gasteiger partial charge in [0.25, 0.3) is 0 Å². The molecule has 2 heteroatoms. The number of hydrogen-bond acceptors (Lipinski definition) is 2. The van der Waals surface area contributed by atoms with Crippen molar-refractivity contribution in [1.29, 1.82) is 0 Å². The van der Waals surface area contributed by atoms with Crippen LogP contribution in [0.5, 0.6) is 0 Å². The average Bonchev–Trinajstić information content (AvgIpc) is 2.39. The summed E-state index contributed by atoms with van der Waals surface area (Å²) in [5, 5.41) is 0. The fourth-order valence-electron chi connectivity index (χ4n) is 2.06. The molecule has 1 saturated heterocycles. The Hall–Kier alpha value is -1.46. The van der Waals surface area contributed by atoms with Gasteiger partial charge < -0.3 is 9.47 Å². The van der Waals surface area contributed by atoms with Crippen molar-refractivity contribution in [2.75, 3.05) is 6.61 Å². The first-order valence-electron chi connectivity index (χ1n) is 6.89. The number of rotatable bonds is 2. The van der Waals surface area contributed by atoms with Crippen LogP contribution in [0.15, 0.2) is 30.3 Å². The third-order valence-corrected chi connectivity index (χ3v) is 3.12. The SMILES string of the molecule is CC(C)(C)C#COC1CCC(c2ccccc2)CO1. The van der Waals surface area contributed by atoms with Crippen molar-refractivity contribution in [2.24, 2.45) is 5.41 Å². The van der Waals surface area contributed by atoms with E-state index >= 15 is 0 Å². The Morgan fingerprint density at radius 1 is 1.16 bits per heavy atom. The van der Waals surface area contributed by atoms with Crippen molar-refractivity contribution in [1.82, 2.24) is 0 Å². The van der Waals surface area contributed by atoms with Crippen LogP contribution in [0.4, 0.5) is 0 Å². The van der Waals surface area contributed by atoms with Crippen LogP contribution in [0, 0.1) is 17.4 Å². The van der Waals surface area contributed by atoms with Gasteiger partial charge in [0, 0.05) is 17.8 Å². The maximum Gasteiger partial charge on any atom is 0.210 e. The lowest BCUT2D eigenvalue weighted by molar-refractivity contribution is -0.128. The first-order valence-corrected chi connectivity index (χ1v) is 6.89. The quantitative estimate of drug-likeness (QED) is 0.748. The summed E-state index contributed by atoms with van der Waals surface area (Å²) in [4.78, 5) is 0. The van der Waals surface area contributed by atoms with Gasteiger partial charge in [-0.1, -0.05) is 36.3 Å². The van der Waals surface area contributed by atoms with Crippen molar-refractivity contribution in [3.8, 4) is 12.0 Å². The van der Waals surface area contributed by atoms with Gasteiger partial charge in [0.15, 0.2) is 0 Å². The van der Waals surface area contributed by atoms with Crippen LogP contribution in [0.1, 0.15) is 45.1 Å². The van der Waals surface area contributed by atoms with Crippen LogP contribution >= 0.6 is 0 Å². The molecule has 102 valence electrons. The second-order valence-corrected chi connectivity index (χ2v) is 6.04. The molecule has 19 heavy (non-hydrogen) atoms. The van der Waals surface area contributed by atoms with Gasteiger partial charge in [0.1, 0.15) is 6.11 Å². The number of hydrogen-bond donors (Lipinski definition) is 0. The normalized spacial score (nSPS) is 23.3. The number of benzene rings is 1. The maximum atomic E-state index is 5.73. The molecule has 1 aromatic carbocycles. The first-order chi connectivity index (χ1) is 9.04. The van der Waals surface area contributed by atoms with E-state index in [0.717, 1.165) is 12.8 Å². The topological polar surface area (TPSA) is 18.5 Å². The molecule has 1 aromatic rings. The van der Waals surface area contributed by atoms with Gasteiger partial charge in [0.2, 0.25) is 6.29 Å². The monoisotopic (exact) mass is 258 g/mol. The molecule has 1 aliphatic rings. The Labute approximate surface area is 116 Å². The van der Waals surface area contributed by atoms with E-state index in [1.807, 2.05) is 6.07 Å². The molecule has 1 fully saturated rings. The Morgan fingerprint density at radius 2 is 1.89 bits per heavy atom. The molecule has 1 heterocycles. The predicted octanol–water partition coefficient (Wildman–Crippen LogP) is 3.93. The molecule has 0 spiro atoms. The molecule has 1 aliphatic heterocycles. The summed E-state index contributed by atoms with van der Waals surface area (Å²) in [6.45, 7) is 6.91. The zero-order chi connectivity index (χ0) is 13.7. The summed E-state index contributed by atoms with van der Waals surface area (Å²) in [5.74, 6) is 3.54. The number of ether oxygens (including phenoxy) is 2. The highest BCUT2D eigenvalue weighted by atomic mass is 16.7. The van der Waals surface area contributed by atoms with E-state index in [1.54, 1.807) is 0 Å². The van der Waals surface area contributed by atoms with Crippen LogP contribution in [0.3, 0.4) is 0 Å². The molecule has 0 aromatic heterocycles. The molecule has 0 amide bonds. The smallest absolute Gasteiger partial charge is 0.210 e. The van der Waals surface area contributed by atoms with E-state index in [-0.39, 0.29) is 11.7 Å². The van der Waals surface area contributed by atoms with Crippen molar-refractivity contribution in [3.63, 3.8) is 0 Å². The summed E-state index contributed by atoms with van der Waals surface area (Å²) in [6.07, 6.45) is 4.59. The van der Waals surface area contributed by atoms with Crippen molar-refractivity contribution < 1.29 is 9.47 Å². The van der Waals surface area contributed by atoms with Gasteiger partial charge in [0.05, 0.1) is 6.61 Å². The fourth-order valence-corrected chi connectivity index (χ4v) is 2.06. The van der Waals surface area contributed by atoms with Crippen LogP contribution in [0.25, 0.3) is 0 Å². The van der Waals surface area contributed by atoms with Gasteiger partial charge in [-0.3, -0.25) is 0 Å².